The van der Waals surface area contributed by atoms with Crippen LogP contribution in [0.5, 0.6) is 0 Å². The Morgan fingerprint density at radius 1 is 0.765 bits per heavy atom. The standard InChI is InChI=1S/C28H34N2O3S/c1-3-20-30(34(32,33)27-16-14-24(2)15-17-27)22-19-28(31)29(23-26-12-8-5-9-13-26)21-18-25-10-6-4-7-11-25/h4-17H,3,18-23H2,1-2H3. The molecule has 0 aliphatic rings. The van der Waals surface area contributed by atoms with E-state index in [0.717, 1.165) is 17.5 Å². The van der Waals surface area contributed by atoms with E-state index in [2.05, 4.69) is 12.1 Å². The summed E-state index contributed by atoms with van der Waals surface area (Å²) in [6, 6.07) is 26.9. The van der Waals surface area contributed by atoms with Crippen molar-refractivity contribution in [3.63, 3.8) is 0 Å². The molecular formula is C28H34N2O3S. The second-order valence-corrected chi connectivity index (χ2v) is 10.4. The van der Waals surface area contributed by atoms with Gasteiger partial charge in [-0.3, -0.25) is 4.79 Å². The van der Waals surface area contributed by atoms with E-state index in [0.29, 0.717) is 26.1 Å². The number of hydrogen-bond donors (Lipinski definition) is 0. The number of aryl methyl sites for hydroxylation is 1. The van der Waals surface area contributed by atoms with Crippen LogP contribution in [-0.2, 0) is 27.8 Å². The summed E-state index contributed by atoms with van der Waals surface area (Å²) in [4.78, 5) is 15.4. The van der Waals surface area contributed by atoms with E-state index < -0.39 is 10.0 Å². The maximum atomic E-state index is 13.3. The topological polar surface area (TPSA) is 57.7 Å². The number of benzene rings is 3. The summed E-state index contributed by atoms with van der Waals surface area (Å²) in [5.74, 6) is -0.0417. The number of rotatable bonds is 12. The van der Waals surface area contributed by atoms with Gasteiger partial charge in [0, 0.05) is 32.6 Å². The third-order valence-corrected chi connectivity index (χ3v) is 7.70. The fourth-order valence-electron chi connectivity index (χ4n) is 3.84. The zero-order valence-corrected chi connectivity index (χ0v) is 20.9. The minimum atomic E-state index is -3.65. The molecule has 0 aliphatic heterocycles. The van der Waals surface area contributed by atoms with Crippen LogP contribution in [0.25, 0.3) is 0 Å². The van der Waals surface area contributed by atoms with Gasteiger partial charge in [0.15, 0.2) is 0 Å². The molecule has 0 aromatic heterocycles. The van der Waals surface area contributed by atoms with Gasteiger partial charge < -0.3 is 4.90 Å². The Morgan fingerprint density at radius 3 is 1.94 bits per heavy atom. The summed E-state index contributed by atoms with van der Waals surface area (Å²) in [7, 11) is -3.65. The third kappa shape index (κ3) is 7.27. The summed E-state index contributed by atoms with van der Waals surface area (Å²) in [5.41, 5.74) is 3.23. The SMILES string of the molecule is CCCN(CCC(=O)N(CCc1ccccc1)Cc1ccccc1)S(=O)(=O)c1ccc(C)cc1. The Hall–Kier alpha value is -2.96. The lowest BCUT2D eigenvalue weighted by atomic mass is 10.1. The highest BCUT2D eigenvalue weighted by Crippen LogP contribution is 2.18. The van der Waals surface area contributed by atoms with Crippen molar-refractivity contribution in [3.8, 4) is 0 Å². The van der Waals surface area contributed by atoms with E-state index >= 15 is 0 Å². The van der Waals surface area contributed by atoms with Gasteiger partial charge >= 0.3 is 0 Å². The molecular weight excluding hydrogens is 444 g/mol. The fourth-order valence-corrected chi connectivity index (χ4v) is 5.38. The van der Waals surface area contributed by atoms with Crippen LogP contribution >= 0.6 is 0 Å². The van der Waals surface area contributed by atoms with Crippen LogP contribution in [0.4, 0.5) is 0 Å². The first-order valence-electron chi connectivity index (χ1n) is 11.8. The summed E-state index contributed by atoms with van der Waals surface area (Å²) in [5, 5.41) is 0. The van der Waals surface area contributed by atoms with E-state index in [9.17, 15) is 13.2 Å². The molecule has 0 bridgehead atoms. The highest BCUT2D eigenvalue weighted by atomic mass is 32.2. The quantitative estimate of drug-likeness (QED) is 0.366. The van der Waals surface area contributed by atoms with Crippen molar-refractivity contribution in [2.45, 2.75) is 44.6 Å². The van der Waals surface area contributed by atoms with Gasteiger partial charge in [-0.1, -0.05) is 85.3 Å². The van der Waals surface area contributed by atoms with Crippen molar-refractivity contribution in [2.75, 3.05) is 19.6 Å². The Labute approximate surface area is 204 Å². The summed E-state index contributed by atoms with van der Waals surface area (Å²) in [6.07, 6.45) is 1.58. The number of nitrogens with zero attached hydrogens (tertiary/aromatic N) is 2. The van der Waals surface area contributed by atoms with Gasteiger partial charge in [-0.15, -0.1) is 0 Å². The Morgan fingerprint density at radius 2 is 1.35 bits per heavy atom. The second-order valence-electron chi connectivity index (χ2n) is 8.50. The molecule has 0 saturated carbocycles. The van der Waals surface area contributed by atoms with E-state index in [1.54, 1.807) is 24.3 Å². The first kappa shape index (κ1) is 25.7. The maximum absolute atomic E-state index is 13.3. The van der Waals surface area contributed by atoms with Gasteiger partial charge in [0.05, 0.1) is 4.90 Å². The van der Waals surface area contributed by atoms with Crippen molar-refractivity contribution in [3.05, 3.63) is 102 Å². The molecule has 0 unspecified atom stereocenters. The molecule has 5 nitrogen and oxygen atoms in total. The first-order chi connectivity index (χ1) is 16.4. The molecule has 180 valence electrons. The minimum Gasteiger partial charge on any atom is -0.338 e. The van der Waals surface area contributed by atoms with Crippen LogP contribution in [0.2, 0.25) is 0 Å². The van der Waals surface area contributed by atoms with Crippen LogP contribution < -0.4 is 0 Å². The van der Waals surface area contributed by atoms with Gasteiger partial charge in [0.1, 0.15) is 0 Å². The van der Waals surface area contributed by atoms with Gasteiger partial charge in [-0.05, 0) is 43.0 Å². The molecule has 0 heterocycles. The number of carbonyl (C=O) groups excluding carboxylic acids is 1. The van der Waals surface area contributed by atoms with Crippen LogP contribution in [0.1, 0.15) is 36.5 Å². The van der Waals surface area contributed by atoms with E-state index in [1.807, 2.05) is 67.3 Å². The van der Waals surface area contributed by atoms with Crippen LogP contribution in [0.15, 0.2) is 89.8 Å². The fraction of sp³-hybridized carbons (Fsp3) is 0.321. The molecule has 1 amide bonds. The Kier molecular flexibility index (Phi) is 9.42. The lowest BCUT2D eigenvalue weighted by molar-refractivity contribution is -0.131. The van der Waals surface area contributed by atoms with Gasteiger partial charge in [-0.2, -0.15) is 4.31 Å². The zero-order chi connectivity index (χ0) is 24.4. The number of amides is 1. The van der Waals surface area contributed by atoms with Crippen molar-refractivity contribution in [1.29, 1.82) is 0 Å². The molecule has 34 heavy (non-hydrogen) atoms. The van der Waals surface area contributed by atoms with E-state index in [4.69, 9.17) is 0 Å². The van der Waals surface area contributed by atoms with E-state index in [-0.39, 0.29) is 23.8 Å². The number of hydrogen-bond acceptors (Lipinski definition) is 3. The first-order valence-corrected chi connectivity index (χ1v) is 13.3. The molecule has 0 radical (unpaired) electrons. The number of carbonyl (C=O) groups is 1. The molecule has 0 spiro atoms. The predicted octanol–water partition coefficient (Wildman–Crippen LogP) is 5.06. The normalized spacial score (nSPS) is 11.5. The molecule has 0 aliphatic carbocycles. The Bertz CT molecular complexity index is 1130. The lowest BCUT2D eigenvalue weighted by Gasteiger charge is -2.26. The highest BCUT2D eigenvalue weighted by Gasteiger charge is 2.25. The third-order valence-electron chi connectivity index (χ3n) is 5.79. The van der Waals surface area contributed by atoms with Gasteiger partial charge in [0.2, 0.25) is 15.9 Å². The van der Waals surface area contributed by atoms with Crippen molar-refractivity contribution in [2.24, 2.45) is 0 Å². The highest BCUT2D eigenvalue weighted by molar-refractivity contribution is 7.89. The average Bonchev–Trinajstić information content (AvgIpc) is 2.85. The summed E-state index contributed by atoms with van der Waals surface area (Å²) >= 11 is 0. The van der Waals surface area contributed by atoms with Crippen molar-refractivity contribution in [1.82, 2.24) is 9.21 Å². The predicted molar refractivity (Wildman–Crippen MR) is 137 cm³/mol. The monoisotopic (exact) mass is 478 g/mol. The smallest absolute Gasteiger partial charge is 0.243 e. The van der Waals surface area contributed by atoms with Crippen molar-refractivity contribution < 1.29 is 13.2 Å². The van der Waals surface area contributed by atoms with Gasteiger partial charge in [0.25, 0.3) is 0 Å². The van der Waals surface area contributed by atoms with Crippen molar-refractivity contribution >= 4 is 15.9 Å². The molecule has 0 N–H and O–H groups in total. The Balaban J connectivity index is 1.71. The van der Waals surface area contributed by atoms with Crippen LogP contribution in [0, 0.1) is 6.92 Å². The number of sulfonamides is 1. The second kappa shape index (κ2) is 12.5. The zero-order valence-electron chi connectivity index (χ0n) is 20.1. The average molecular weight is 479 g/mol. The van der Waals surface area contributed by atoms with Crippen LogP contribution in [-0.4, -0.2) is 43.2 Å². The molecule has 0 atom stereocenters. The summed E-state index contributed by atoms with van der Waals surface area (Å²) in [6.45, 7) is 5.50. The minimum absolute atomic E-state index is 0.0417. The van der Waals surface area contributed by atoms with Gasteiger partial charge in [-0.25, -0.2) is 8.42 Å². The van der Waals surface area contributed by atoms with E-state index in [1.165, 1.54) is 9.87 Å². The van der Waals surface area contributed by atoms with Crippen LogP contribution in [0.3, 0.4) is 0 Å². The lowest BCUT2D eigenvalue weighted by Crippen LogP contribution is -2.38. The molecule has 3 aromatic rings. The largest absolute Gasteiger partial charge is 0.338 e. The molecule has 3 aromatic carbocycles. The molecule has 3 rings (SSSR count). The molecule has 6 heteroatoms. The molecule has 0 saturated heterocycles. The molecule has 0 fully saturated rings. The maximum Gasteiger partial charge on any atom is 0.243 e. The summed E-state index contributed by atoms with van der Waals surface area (Å²) < 4.78 is 27.9.